The molecule has 2 aliphatic heterocycles. The van der Waals surface area contributed by atoms with Crippen molar-refractivity contribution in [3.63, 3.8) is 0 Å². The average molecular weight is 391 g/mol. The Kier molecular flexibility index (Phi) is 6.00. The molecule has 4 rings (SSSR count). The number of nitrogens with zero attached hydrogens (tertiary/aromatic N) is 2. The Hall–Kier alpha value is -2.99. The number of hydrogen-bond donors (Lipinski definition) is 1. The van der Waals surface area contributed by atoms with Crippen LogP contribution in [0.4, 0.5) is 0 Å². The number of nitrogens with one attached hydrogen (secondary N) is 1. The minimum atomic E-state index is -0.144. The van der Waals surface area contributed by atoms with Crippen LogP contribution in [0.3, 0.4) is 0 Å². The molecule has 0 radical (unpaired) electrons. The van der Waals surface area contributed by atoms with Gasteiger partial charge in [0.1, 0.15) is 5.71 Å². The largest absolute Gasteiger partial charge is 0.375 e. The van der Waals surface area contributed by atoms with Gasteiger partial charge in [-0.2, -0.15) is 5.10 Å². The smallest absolute Gasteiger partial charge is 0.270 e. The average Bonchev–Trinajstić information content (AvgIpc) is 2.79. The van der Waals surface area contributed by atoms with Gasteiger partial charge in [-0.15, -0.1) is 0 Å². The maximum atomic E-state index is 12.8. The Morgan fingerprint density at radius 2 is 1.72 bits per heavy atom. The Balaban J connectivity index is 1.48. The first kappa shape index (κ1) is 19.3. The molecule has 1 atom stereocenters. The number of carbonyl (C=O) groups excluding carboxylic acids is 2. The standard InChI is InChI=1S/C23H25N3O3/c27-22-12-11-21(24-25-22)23(28)26-13-14-29-19(16-26)15-20(17-7-3-1-4-8-17)18-9-5-2-6-10-18/h1-10,19-20H,11-16H2,(H,25,27)/t19-/m0/s1. The molecule has 150 valence electrons. The number of hydrogen-bond acceptors (Lipinski definition) is 4. The summed E-state index contributed by atoms with van der Waals surface area (Å²) in [6, 6.07) is 20.8. The summed E-state index contributed by atoms with van der Waals surface area (Å²) in [5.74, 6) is -0.0481. The van der Waals surface area contributed by atoms with Crippen LogP contribution in [0.1, 0.15) is 36.3 Å². The second kappa shape index (κ2) is 9.01. The third-order valence-electron chi connectivity index (χ3n) is 5.48. The summed E-state index contributed by atoms with van der Waals surface area (Å²) in [4.78, 5) is 25.9. The Morgan fingerprint density at radius 1 is 1.07 bits per heavy atom. The van der Waals surface area contributed by atoms with Crippen molar-refractivity contribution in [1.82, 2.24) is 10.3 Å². The normalized spacial score (nSPS) is 19.6. The molecule has 6 nitrogen and oxygen atoms in total. The van der Waals surface area contributed by atoms with Crippen molar-refractivity contribution >= 4 is 17.5 Å². The molecule has 2 amide bonds. The van der Waals surface area contributed by atoms with Crippen LogP contribution in [0.5, 0.6) is 0 Å². The van der Waals surface area contributed by atoms with E-state index in [9.17, 15) is 9.59 Å². The van der Waals surface area contributed by atoms with E-state index < -0.39 is 0 Å². The van der Waals surface area contributed by atoms with E-state index in [0.717, 1.165) is 6.42 Å². The molecule has 2 aliphatic rings. The number of ether oxygens (including phenoxy) is 1. The number of amides is 2. The van der Waals surface area contributed by atoms with E-state index in [1.807, 2.05) is 12.1 Å². The van der Waals surface area contributed by atoms with Gasteiger partial charge >= 0.3 is 0 Å². The molecule has 1 fully saturated rings. The number of carbonyl (C=O) groups is 2. The minimum Gasteiger partial charge on any atom is -0.375 e. The first-order valence-corrected chi connectivity index (χ1v) is 10.1. The predicted molar refractivity (Wildman–Crippen MR) is 110 cm³/mol. The number of benzene rings is 2. The third-order valence-corrected chi connectivity index (χ3v) is 5.48. The molecular formula is C23H25N3O3. The monoisotopic (exact) mass is 391 g/mol. The molecule has 0 aliphatic carbocycles. The van der Waals surface area contributed by atoms with Gasteiger partial charge in [0.2, 0.25) is 5.91 Å². The van der Waals surface area contributed by atoms with E-state index >= 15 is 0 Å². The highest BCUT2D eigenvalue weighted by molar-refractivity contribution is 6.39. The molecule has 2 heterocycles. The van der Waals surface area contributed by atoms with Gasteiger partial charge in [0.05, 0.1) is 12.7 Å². The Bertz CT molecular complexity index is 843. The summed E-state index contributed by atoms with van der Waals surface area (Å²) >= 11 is 0. The van der Waals surface area contributed by atoms with Crippen LogP contribution in [-0.2, 0) is 14.3 Å². The summed E-state index contributed by atoms with van der Waals surface area (Å²) in [7, 11) is 0. The SMILES string of the molecule is O=C1CCC(C(=O)N2CCO[C@@H](CC(c3ccccc3)c3ccccc3)C2)=NN1. The van der Waals surface area contributed by atoms with Crippen molar-refractivity contribution in [3.8, 4) is 0 Å². The molecular weight excluding hydrogens is 366 g/mol. The van der Waals surface area contributed by atoms with Gasteiger partial charge in [0.15, 0.2) is 0 Å². The summed E-state index contributed by atoms with van der Waals surface area (Å²) in [5, 5.41) is 3.95. The molecule has 0 saturated carbocycles. The van der Waals surface area contributed by atoms with Crippen molar-refractivity contribution in [2.24, 2.45) is 5.10 Å². The lowest BCUT2D eigenvalue weighted by molar-refractivity contribution is -0.132. The molecule has 0 bridgehead atoms. The molecule has 29 heavy (non-hydrogen) atoms. The third kappa shape index (κ3) is 4.71. The molecule has 6 heteroatoms. The lowest BCUT2D eigenvalue weighted by Gasteiger charge is -2.35. The van der Waals surface area contributed by atoms with Crippen LogP contribution in [0.2, 0.25) is 0 Å². The Morgan fingerprint density at radius 3 is 2.31 bits per heavy atom. The van der Waals surface area contributed by atoms with Crippen LogP contribution in [0, 0.1) is 0 Å². The minimum absolute atomic E-state index is 0.0584. The quantitative estimate of drug-likeness (QED) is 0.852. The van der Waals surface area contributed by atoms with Crippen LogP contribution < -0.4 is 5.43 Å². The van der Waals surface area contributed by atoms with Crippen LogP contribution >= 0.6 is 0 Å². The van der Waals surface area contributed by atoms with Gasteiger partial charge in [0.25, 0.3) is 5.91 Å². The topological polar surface area (TPSA) is 71.0 Å². The van der Waals surface area contributed by atoms with Crippen molar-refractivity contribution in [3.05, 3.63) is 71.8 Å². The second-order valence-electron chi connectivity index (χ2n) is 7.45. The van der Waals surface area contributed by atoms with Crippen molar-refractivity contribution in [2.45, 2.75) is 31.3 Å². The van der Waals surface area contributed by atoms with Gasteiger partial charge in [-0.25, -0.2) is 5.43 Å². The molecule has 0 unspecified atom stereocenters. The van der Waals surface area contributed by atoms with Gasteiger partial charge in [-0.1, -0.05) is 60.7 Å². The van der Waals surface area contributed by atoms with E-state index in [0.29, 0.717) is 38.2 Å². The fourth-order valence-electron chi connectivity index (χ4n) is 3.96. The van der Waals surface area contributed by atoms with Crippen LogP contribution in [-0.4, -0.2) is 48.2 Å². The van der Waals surface area contributed by atoms with Crippen molar-refractivity contribution in [1.29, 1.82) is 0 Å². The molecule has 0 spiro atoms. The summed E-state index contributed by atoms with van der Waals surface area (Å²) in [6.07, 6.45) is 1.43. The number of hydrazone groups is 1. The second-order valence-corrected chi connectivity index (χ2v) is 7.45. The van der Waals surface area contributed by atoms with E-state index in [1.165, 1.54) is 11.1 Å². The van der Waals surface area contributed by atoms with Crippen molar-refractivity contribution < 1.29 is 14.3 Å². The summed E-state index contributed by atoms with van der Waals surface area (Å²) in [5.41, 5.74) is 5.31. The summed E-state index contributed by atoms with van der Waals surface area (Å²) < 4.78 is 6.03. The first-order valence-electron chi connectivity index (χ1n) is 10.1. The maximum Gasteiger partial charge on any atom is 0.270 e. The van der Waals surface area contributed by atoms with E-state index in [-0.39, 0.29) is 23.8 Å². The fourth-order valence-corrected chi connectivity index (χ4v) is 3.96. The van der Waals surface area contributed by atoms with Gasteiger partial charge in [-0.3, -0.25) is 9.59 Å². The zero-order chi connectivity index (χ0) is 20.1. The highest BCUT2D eigenvalue weighted by Gasteiger charge is 2.30. The molecule has 2 aromatic rings. The fraction of sp³-hybridized carbons (Fsp3) is 0.348. The van der Waals surface area contributed by atoms with Crippen LogP contribution in [0.25, 0.3) is 0 Å². The lowest BCUT2D eigenvalue weighted by Crippen LogP contribution is -2.49. The van der Waals surface area contributed by atoms with E-state index in [4.69, 9.17) is 4.74 Å². The van der Waals surface area contributed by atoms with E-state index in [1.54, 1.807) is 4.90 Å². The molecule has 0 aromatic heterocycles. The zero-order valence-electron chi connectivity index (χ0n) is 16.3. The molecule has 1 N–H and O–H groups in total. The van der Waals surface area contributed by atoms with Gasteiger partial charge in [0, 0.05) is 31.8 Å². The van der Waals surface area contributed by atoms with Crippen LogP contribution in [0.15, 0.2) is 65.8 Å². The number of morpholine rings is 1. The van der Waals surface area contributed by atoms with E-state index in [2.05, 4.69) is 59.1 Å². The highest BCUT2D eigenvalue weighted by Crippen LogP contribution is 2.31. The molecule has 1 saturated heterocycles. The lowest BCUT2D eigenvalue weighted by atomic mass is 9.86. The first-order chi connectivity index (χ1) is 14.2. The molecule has 2 aromatic carbocycles. The van der Waals surface area contributed by atoms with Crippen molar-refractivity contribution in [2.75, 3.05) is 19.7 Å². The predicted octanol–water partition coefficient (Wildman–Crippen LogP) is 2.70. The number of rotatable bonds is 5. The zero-order valence-corrected chi connectivity index (χ0v) is 16.3. The van der Waals surface area contributed by atoms with Gasteiger partial charge in [-0.05, 0) is 17.5 Å². The Labute approximate surface area is 170 Å². The van der Waals surface area contributed by atoms with Gasteiger partial charge < -0.3 is 9.64 Å². The summed E-state index contributed by atoms with van der Waals surface area (Å²) in [6.45, 7) is 1.58. The highest BCUT2D eigenvalue weighted by atomic mass is 16.5. The maximum absolute atomic E-state index is 12.8.